The maximum absolute atomic E-state index is 13.9. The molecule has 2 amide bonds. The van der Waals surface area contributed by atoms with Crippen LogP contribution in [0.3, 0.4) is 0 Å². The van der Waals surface area contributed by atoms with E-state index >= 15 is 0 Å². The molecule has 192 valence electrons. The first-order valence-electron chi connectivity index (χ1n) is 9.97. The van der Waals surface area contributed by atoms with Gasteiger partial charge >= 0.3 is 12.2 Å². The number of methoxy groups -OCH3 is 1. The Labute approximate surface area is 198 Å². The van der Waals surface area contributed by atoms with Crippen molar-refractivity contribution in [2.45, 2.75) is 43.6 Å². The number of aromatic nitrogens is 3. The van der Waals surface area contributed by atoms with E-state index in [-0.39, 0.29) is 30.4 Å². The molecule has 3 heterocycles. The average Bonchev–Trinajstić information content (AvgIpc) is 3.15. The molecule has 1 saturated heterocycles. The number of urea groups is 1. The van der Waals surface area contributed by atoms with Gasteiger partial charge in [0.25, 0.3) is 5.92 Å². The lowest BCUT2D eigenvalue weighted by molar-refractivity contribution is -0.264. The molecule has 0 saturated carbocycles. The van der Waals surface area contributed by atoms with Crippen LogP contribution < -0.4 is 11.1 Å². The number of ether oxygens (including phenoxy) is 2. The molecule has 2 aromatic rings. The van der Waals surface area contributed by atoms with Gasteiger partial charge in [-0.1, -0.05) is 0 Å². The maximum atomic E-state index is 13.9. The number of carbonyl (C=O) groups is 1. The standard InChI is InChI=1S/C19H25F5N6O3.ClH/c1-17(2,19(22,23)24)33-7-12(25)13-6-30-15(28-13)4-11(5-27-30)14(8-32-3)29-10-18(20,21)9-26-16(29)31;/h4-6,12,14H,7-10,25H2,1-3H3,(H,26,31);1H/t12-,14+;/m0./s1. The van der Waals surface area contributed by atoms with Crippen molar-refractivity contribution in [2.75, 3.05) is 33.4 Å². The number of halogens is 6. The molecule has 2 aromatic heterocycles. The number of nitrogens with zero attached hydrogens (tertiary/aromatic N) is 4. The number of amides is 2. The summed E-state index contributed by atoms with van der Waals surface area (Å²) in [6.07, 6.45) is -1.77. The van der Waals surface area contributed by atoms with Crippen LogP contribution in [0.15, 0.2) is 18.5 Å². The Morgan fingerprint density at radius 3 is 2.59 bits per heavy atom. The molecule has 0 radical (unpaired) electrons. The highest BCUT2D eigenvalue weighted by atomic mass is 35.5. The van der Waals surface area contributed by atoms with Crippen LogP contribution in [-0.2, 0) is 9.47 Å². The van der Waals surface area contributed by atoms with Gasteiger partial charge in [0, 0.05) is 12.7 Å². The number of rotatable bonds is 8. The number of nitrogens with one attached hydrogen (secondary N) is 1. The van der Waals surface area contributed by atoms with E-state index < -0.39 is 55.5 Å². The van der Waals surface area contributed by atoms with Crippen LogP contribution >= 0.6 is 12.4 Å². The number of imidazole rings is 1. The van der Waals surface area contributed by atoms with Crippen molar-refractivity contribution in [3.63, 3.8) is 0 Å². The lowest BCUT2D eigenvalue weighted by Crippen LogP contribution is -2.58. The van der Waals surface area contributed by atoms with Gasteiger partial charge in [-0.15, -0.1) is 12.4 Å². The van der Waals surface area contributed by atoms with Gasteiger partial charge in [-0.05, 0) is 19.9 Å². The van der Waals surface area contributed by atoms with Crippen LogP contribution in [-0.4, -0.2) is 76.6 Å². The first-order valence-corrected chi connectivity index (χ1v) is 9.97. The van der Waals surface area contributed by atoms with Crippen LogP contribution in [0.2, 0.25) is 0 Å². The summed E-state index contributed by atoms with van der Waals surface area (Å²) in [6.45, 7) is -0.281. The van der Waals surface area contributed by atoms with E-state index in [0.717, 1.165) is 18.7 Å². The zero-order valence-electron chi connectivity index (χ0n) is 18.6. The van der Waals surface area contributed by atoms with Crippen LogP contribution in [0.5, 0.6) is 0 Å². The van der Waals surface area contributed by atoms with Gasteiger partial charge in [0.1, 0.15) is 0 Å². The van der Waals surface area contributed by atoms with Gasteiger partial charge in [0.05, 0.1) is 56.5 Å². The third-order valence-electron chi connectivity index (χ3n) is 5.29. The third-order valence-corrected chi connectivity index (χ3v) is 5.29. The van der Waals surface area contributed by atoms with E-state index in [0.29, 0.717) is 5.56 Å². The van der Waals surface area contributed by atoms with Gasteiger partial charge in [0.2, 0.25) is 0 Å². The molecule has 0 spiro atoms. The van der Waals surface area contributed by atoms with Gasteiger partial charge in [-0.25, -0.2) is 23.1 Å². The highest BCUT2D eigenvalue weighted by Gasteiger charge is 2.48. The molecule has 1 aliphatic rings. The fraction of sp³-hybridized carbons (Fsp3) is 0.632. The Balaban J connectivity index is 0.00000408. The lowest BCUT2D eigenvalue weighted by Gasteiger charge is -2.38. The summed E-state index contributed by atoms with van der Waals surface area (Å²) in [6, 6.07) is -0.993. The molecule has 1 fully saturated rings. The van der Waals surface area contributed by atoms with Gasteiger partial charge in [0.15, 0.2) is 11.2 Å². The molecule has 34 heavy (non-hydrogen) atoms. The molecule has 3 rings (SSSR count). The molecule has 3 N–H and O–H groups in total. The Morgan fingerprint density at radius 2 is 1.97 bits per heavy atom. The largest absolute Gasteiger partial charge is 0.416 e. The van der Waals surface area contributed by atoms with E-state index in [4.69, 9.17) is 15.2 Å². The SMILES string of the molecule is COC[C@H](c1cnn2cc([C@@H](N)COC(C)(C)C(F)(F)F)nc2c1)N1CC(F)(F)CNC1=O.Cl. The van der Waals surface area contributed by atoms with Gasteiger partial charge < -0.3 is 25.4 Å². The molecular formula is C19H26ClF5N6O3. The Morgan fingerprint density at radius 1 is 1.29 bits per heavy atom. The zero-order valence-corrected chi connectivity index (χ0v) is 19.4. The highest BCUT2D eigenvalue weighted by molar-refractivity contribution is 5.85. The fourth-order valence-corrected chi connectivity index (χ4v) is 3.20. The molecule has 0 aliphatic carbocycles. The molecular weight excluding hydrogens is 491 g/mol. The Bertz CT molecular complexity index is 1000. The monoisotopic (exact) mass is 516 g/mol. The second kappa shape index (κ2) is 10.1. The molecule has 0 aromatic carbocycles. The summed E-state index contributed by atoms with van der Waals surface area (Å²) >= 11 is 0. The summed E-state index contributed by atoms with van der Waals surface area (Å²) in [7, 11) is 1.37. The van der Waals surface area contributed by atoms with Crippen molar-refractivity contribution in [1.29, 1.82) is 0 Å². The zero-order chi connectivity index (χ0) is 24.6. The number of fused-ring (bicyclic) bond motifs is 1. The Kier molecular flexibility index (Phi) is 8.33. The summed E-state index contributed by atoms with van der Waals surface area (Å²) < 4.78 is 78.1. The van der Waals surface area contributed by atoms with Crippen molar-refractivity contribution in [3.05, 3.63) is 29.7 Å². The van der Waals surface area contributed by atoms with Crippen molar-refractivity contribution < 1.29 is 36.2 Å². The highest BCUT2D eigenvalue weighted by Crippen LogP contribution is 2.33. The molecule has 15 heteroatoms. The summed E-state index contributed by atoms with van der Waals surface area (Å²) in [4.78, 5) is 17.5. The fourth-order valence-electron chi connectivity index (χ4n) is 3.20. The topological polar surface area (TPSA) is 107 Å². The van der Waals surface area contributed by atoms with E-state index in [9.17, 15) is 26.7 Å². The second-order valence-corrected chi connectivity index (χ2v) is 8.30. The van der Waals surface area contributed by atoms with Crippen molar-refractivity contribution in [1.82, 2.24) is 24.8 Å². The summed E-state index contributed by atoms with van der Waals surface area (Å²) in [5, 5.41) is 6.32. The Hall–Kier alpha value is -2.29. The minimum atomic E-state index is -4.57. The quantitative estimate of drug-likeness (QED) is 0.523. The van der Waals surface area contributed by atoms with E-state index in [1.165, 1.54) is 30.1 Å². The average molecular weight is 517 g/mol. The van der Waals surface area contributed by atoms with Gasteiger partial charge in [-0.2, -0.15) is 18.3 Å². The molecule has 1 aliphatic heterocycles. The summed E-state index contributed by atoms with van der Waals surface area (Å²) in [5.41, 5.74) is 4.44. The van der Waals surface area contributed by atoms with Crippen molar-refractivity contribution in [3.8, 4) is 0 Å². The number of hydrogen-bond acceptors (Lipinski definition) is 6. The number of nitrogens with two attached hydrogens (primary N) is 1. The maximum Gasteiger partial charge on any atom is 0.416 e. The minimum absolute atomic E-state index is 0. The smallest absolute Gasteiger partial charge is 0.382 e. The van der Waals surface area contributed by atoms with Crippen LogP contribution in [0, 0.1) is 0 Å². The normalized spacial score (nSPS) is 18.4. The third kappa shape index (κ3) is 6.03. The van der Waals surface area contributed by atoms with E-state index in [2.05, 4.69) is 15.4 Å². The predicted molar refractivity (Wildman–Crippen MR) is 113 cm³/mol. The predicted octanol–water partition coefficient (Wildman–Crippen LogP) is 2.86. The van der Waals surface area contributed by atoms with Crippen molar-refractivity contribution in [2.24, 2.45) is 5.73 Å². The first kappa shape index (κ1) is 28.0. The lowest BCUT2D eigenvalue weighted by atomic mass is 10.1. The molecule has 0 unspecified atom stereocenters. The van der Waals surface area contributed by atoms with Gasteiger partial charge in [-0.3, -0.25) is 0 Å². The van der Waals surface area contributed by atoms with Crippen LogP contribution in [0.25, 0.3) is 5.65 Å². The number of alkyl halides is 5. The molecule has 9 nitrogen and oxygen atoms in total. The number of carbonyl (C=O) groups excluding carboxylic acids is 1. The van der Waals surface area contributed by atoms with Crippen LogP contribution in [0.1, 0.15) is 37.2 Å². The first-order chi connectivity index (χ1) is 15.2. The van der Waals surface area contributed by atoms with Crippen molar-refractivity contribution >= 4 is 24.1 Å². The molecule has 0 bridgehead atoms. The van der Waals surface area contributed by atoms with E-state index in [1.54, 1.807) is 0 Å². The number of hydrogen-bond donors (Lipinski definition) is 2. The minimum Gasteiger partial charge on any atom is -0.382 e. The van der Waals surface area contributed by atoms with E-state index in [1.807, 2.05) is 0 Å². The van der Waals surface area contributed by atoms with Crippen LogP contribution in [0.4, 0.5) is 26.7 Å². The summed E-state index contributed by atoms with van der Waals surface area (Å²) in [5.74, 6) is -3.12. The second-order valence-electron chi connectivity index (χ2n) is 8.30. The molecule has 2 atom stereocenters.